The van der Waals surface area contributed by atoms with Crippen molar-refractivity contribution in [1.29, 1.82) is 0 Å². The van der Waals surface area contributed by atoms with E-state index in [0.717, 1.165) is 25.3 Å². The Morgan fingerprint density at radius 1 is 1.35 bits per heavy atom. The minimum Gasteiger partial charge on any atom is -0.465 e. The van der Waals surface area contributed by atoms with Crippen molar-refractivity contribution in [2.75, 3.05) is 13.7 Å². The first kappa shape index (κ1) is 14.7. The third-order valence-electron chi connectivity index (χ3n) is 3.04. The fourth-order valence-corrected chi connectivity index (χ4v) is 2.63. The van der Waals surface area contributed by atoms with Gasteiger partial charge in [0.25, 0.3) is 0 Å². The average molecular weight is 290 g/mol. The average Bonchev–Trinajstić information content (AvgIpc) is 2.99. The third-order valence-corrected chi connectivity index (χ3v) is 3.90. The highest BCUT2D eigenvalue weighted by Crippen LogP contribution is 2.13. The predicted octanol–water partition coefficient (Wildman–Crippen LogP) is 2.95. The zero-order valence-corrected chi connectivity index (χ0v) is 12.5. The van der Waals surface area contributed by atoms with E-state index in [2.05, 4.69) is 39.1 Å². The molecular weight excluding hydrogens is 272 g/mol. The van der Waals surface area contributed by atoms with Gasteiger partial charge in [0, 0.05) is 24.2 Å². The Balaban J connectivity index is 1.98. The third kappa shape index (κ3) is 3.88. The number of pyridine rings is 1. The molecule has 0 aliphatic heterocycles. The normalized spacial score (nSPS) is 10.8. The van der Waals surface area contributed by atoms with Gasteiger partial charge in [-0.1, -0.05) is 13.0 Å². The molecule has 0 bridgehead atoms. The van der Waals surface area contributed by atoms with Gasteiger partial charge in [-0.25, -0.2) is 4.79 Å². The van der Waals surface area contributed by atoms with Crippen LogP contribution in [0.3, 0.4) is 0 Å². The van der Waals surface area contributed by atoms with Gasteiger partial charge in [-0.3, -0.25) is 9.88 Å². The Morgan fingerprint density at radius 3 is 2.75 bits per heavy atom. The summed E-state index contributed by atoms with van der Waals surface area (Å²) >= 11 is 1.76. The van der Waals surface area contributed by atoms with Gasteiger partial charge in [-0.2, -0.15) is 0 Å². The minimum absolute atomic E-state index is 0.352. The molecule has 0 amide bonds. The van der Waals surface area contributed by atoms with Gasteiger partial charge < -0.3 is 4.74 Å². The molecule has 0 N–H and O–H groups in total. The lowest BCUT2D eigenvalue weighted by atomic mass is 10.2. The highest BCUT2D eigenvalue weighted by molar-refractivity contribution is 7.09. The van der Waals surface area contributed by atoms with E-state index in [9.17, 15) is 4.79 Å². The van der Waals surface area contributed by atoms with Crippen molar-refractivity contribution < 1.29 is 9.53 Å². The lowest BCUT2D eigenvalue weighted by Crippen LogP contribution is -2.22. The predicted molar refractivity (Wildman–Crippen MR) is 79.7 cm³/mol. The smallest absolute Gasteiger partial charge is 0.339 e. The van der Waals surface area contributed by atoms with Crippen molar-refractivity contribution in [2.24, 2.45) is 0 Å². The summed E-state index contributed by atoms with van der Waals surface area (Å²) in [6.45, 7) is 4.79. The minimum atomic E-state index is -0.352. The van der Waals surface area contributed by atoms with Crippen molar-refractivity contribution in [1.82, 2.24) is 9.88 Å². The number of thiophene rings is 1. The fourth-order valence-electron chi connectivity index (χ4n) is 1.89. The highest BCUT2D eigenvalue weighted by Gasteiger charge is 2.09. The van der Waals surface area contributed by atoms with Crippen LogP contribution in [0.5, 0.6) is 0 Å². The molecule has 0 aromatic carbocycles. The Bertz CT molecular complexity index is 538. The van der Waals surface area contributed by atoms with Crippen molar-refractivity contribution >= 4 is 17.3 Å². The van der Waals surface area contributed by atoms with Gasteiger partial charge in [0.05, 0.1) is 18.4 Å². The van der Waals surface area contributed by atoms with Crippen molar-refractivity contribution in [2.45, 2.75) is 20.0 Å². The van der Waals surface area contributed by atoms with Gasteiger partial charge >= 0.3 is 5.97 Å². The molecule has 0 unspecified atom stereocenters. The quantitative estimate of drug-likeness (QED) is 0.767. The van der Waals surface area contributed by atoms with Gasteiger partial charge in [0.2, 0.25) is 0 Å². The number of hydrogen-bond acceptors (Lipinski definition) is 5. The molecule has 0 fully saturated rings. The molecule has 2 heterocycles. The molecule has 2 rings (SSSR count). The summed E-state index contributed by atoms with van der Waals surface area (Å²) in [5, 5.41) is 2.09. The maximum Gasteiger partial charge on any atom is 0.339 e. The van der Waals surface area contributed by atoms with Gasteiger partial charge in [0.15, 0.2) is 0 Å². The van der Waals surface area contributed by atoms with Gasteiger partial charge in [-0.05, 0) is 30.1 Å². The molecule has 5 heteroatoms. The molecule has 106 valence electrons. The Labute approximate surface area is 123 Å². The molecule has 2 aromatic heterocycles. The van der Waals surface area contributed by atoms with Crippen molar-refractivity contribution in [3.8, 4) is 0 Å². The molecule has 0 saturated heterocycles. The van der Waals surface area contributed by atoms with Crippen LogP contribution in [0, 0.1) is 0 Å². The SMILES string of the molecule is CCN(Cc1ccc(C(=O)OC)cn1)Cc1cccs1. The first-order valence-electron chi connectivity index (χ1n) is 6.51. The summed E-state index contributed by atoms with van der Waals surface area (Å²) in [6.07, 6.45) is 1.57. The topological polar surface area (TPSA) is 42.4 Å². The monoisotopic (exact) mass is 290 g/mol. The number of esters is 1. The van der Waals surface area contributed by atoms with Crippen LogP contribution in [-0.2, 0) is 17.8 Å². The van der Waals surface area contributed by atoms with Crippen LogP contribution in [0.15, 0.2) is 35.8 Å². The zero-order valence-electron chi connectivity index (χ0n) is 11.7. The van der Waals surface area contributed by atoms with E-state index < -0.39 is 0 Å². The second-order valence-corrected chi connectivity index (χ2v) is 5.44. The number of carbonyl (C=O) groups is 1. The maximum absolute atomic E-state index is 11.3. The molecule has 0 spiro atoms. The largest absolute Gasteiger partial charge is 0.465 e. The number of rotatable bonds is 6. The van der Waals surface area contributed by atoms with Crippen LogP contribution in [-0.4, -0.2) is 29.5 Å². The first-order valence-corrected chi connectivity index (χ1v) is 7.39. The number of carbonyl (C=O) groups excluding carboxylic acids is 1. The van der Waals surface area contributed by atoms with Crippen LogP contribution in [0.25, 0.3) is 0 Å². The summed E-state index contributed by atoms with van der Waals surface area (Å²) in [5.74, 6) is -0.352. The van der Waals surface area contributed by atoms with Crippen molar-refractivity contribution in [3.05, 3.63) is 52.0 Å². The molecule has 0 saturated carbocycles. The van der Waals surface area contributed by atoms with Crippen LogP contribution >= 0.6 is 11.3 Å². The number of methoxy groups -OCH3 is 1. The van der Waals surface area contributed by atoms with E-state index in [1.54, 1.807) is 23.6 Å². The molecular formula is C15H18N2O2S. The summed E-state index contributed by atoms with van der Waals surface area (Å²) in [7, 11) is 1.37. The molecule has 4 nitrogen and oxygen atoms in total. The molecule has 0 aliphatic carbocycles. The second-order valence-electron chi connectivity index (χ2n) is 4.41. The molecule has 20 heavy (non-hydrogen) atoms. The van der Waals surface area contributed by atoms with E-state index >= 15 is 0 Å². The number of hydrogen-bond donors (Lipinski definition) is 0. The van der Waals surface area contributed by atoms with Crippen LogP contribution in [0.2, 0.25) is 0 Å². The summed E-state index contributed by atoms with van der Waals surface area (Å²) in [6, 6.07) is 7.84. The molecule has 0 radical (unpaired) electrons. The van der Waals surface area contributed by atoms with E-state index in [1.807, 2.05) is 6.07 Å². The van der Waals surface area contributed by atoms with Crippen molar-refractivity contribution in [3.63, 3.8) is 0 Å². The van der Waals surface area contributed by atoms with E-state index in [1.165, 1.54) is 12.0 Å². The molecule has 0 aliphatic rings. The highest BCUT2D eigenvalue weighted by atomic mass is 32.1. The fraction of sp³-hybridized carbons (Fsp3) is 0.333. The number of nitrogens with zero attached hydrogens (tertiary/aromatic N) is 2. The van der Waals surface area contributed by atoms with Crippen LogP contribution in [0.4, 0.5) is 0 Å². The Morgan fingerprint density at radius 2 is 2.20 bits per heavy atom. The molecule has 0 atom stereocenters. The summed E-state index contributed by atoms with van der Waals surface area (Å²) < 4.78 is 4.66. The lowest BCUT2D eigenvalue weighted by Gasteiger charge is -2.19. The van der Waals surface area contributed by atoms with Crippen LogP contribution in [0.1, 0.15) is 27.9 Å². The lowest BCUT2D eigenvalue weighted by molar-refractivity contribution is 0.0600. The standard InChI is InChI=1S/C15H18N2O2S/c1-3-17(11-14-5-4-8-20-14)10-13-7-6-12(9-16-13)15(18)19-2/h4-9H,3,10-11H2,1-2H3. The maximum atomic E-state index is 11.3. The van der Waals surface area contributed by atoms with Gasteiger partial charge in [-0.15, -0.1) is 11.3 Å². The summed E-state index contributed by atoms with van der Waals surface area (Å²) in [5.41, 5.74) is 1.44. The number of ether oxygens (including phenoxy) is 1. The Hall–Kier alpha value is -1.72. The van der Waals surface area contributed by atoms with Gasteiger partial charge in [0.1, 0.15) is 0 Å². The van der Waals surface area contributed by atoms with E-state index in [4.69, 9.17) is 0 Å². The Kier molecular flexibility index (Phi) is 5.26. The van der Waals surface area contributed by atoms with Crippen LogP contribution < -0.4 is 0 Å². The zero-order chi connectivity index (χ0) is 14.4. The summed E-state index contributed by atoms with van der Waals surface area (Å²) in [4.78, 5) is 19.3. The first-order chi connectivity index (χ1) is 9.72. The van der Waals surface area contributed by atoms with E-state index in [-0.39, 0.29) is 5.97 Å². The number of aromatic nitrogens is 1. The van der Waals surface area contributed by atoms with E-state index in [0.29, 0.717) is 5.56 Å². The molecule has 2 aromatic rings. The second kappa shape index (κ2) is 7.17.